The molecule has 0 spiro atoms. The maximum atomic E-state index is 14.6. The third-order valence-corrected chi connectivity index (χ3v) is 6.69. The fourth-order valence-electron chi connectivity index (χ4n) is 3.69. The number of aliphatic imine (C=N–C) groups is 1. The first kappa shape index (κ1) is 19.1. The molecule has 2 atom stereocenters. The first-order chi connectivity index (χ1) is 13.4. The number of ether oxygens (including phenoxy) is 1. The van der Waals surface area contributed by atoms with E-state index in [1.54, 1.807) is 13.8 Å². The number of carbonyl (C=O) groups excluding carboxylic acids is 1. The second-order valence-corrected chi connectivity index (χ2v) is 8.22. The fraction of sp³-hybridized carbons (Fsp3) is 0.350. The molecule has 4 rings (SSSR count). The van der Waals surface area contributed by atoms with E-state index in [-0.39, 0.29) is 23.2 Å². The van der Waals surface area contributed by atoms with Crippen molar-refractivity contribution in [3.8, 4) is 0 Å². The van der Waals surface area contributed by atoms with Crippen molar-refractivity contribution < 1.29 is 18.3 Å². The van der Waals surface area contributed by atoms with E-state index >= 15 is 0 Å². The smallest absolute Gasteiger partial charge is 0.314 e. The molecule has 0 radical (unpaired) electrons. The van der Waals surface area contributed by atoms with Crippen LogP contribution < -0.4 is 5.32 Å². The van der Waals surface area contributed by atoms with E-state index in [1.165, 1.54) is 29.5 Å². The van der Waals surface area contributed by atoms with Gasteiger partial charge in [-0.25, -0.2) is 8.78 Å². The Morgan fingerprint density at radius 3 is 2.75 bits per heavy atom. The molecule has 0 fully saturated rings. The van der Waals surface area contributed by atoms with Gasteiger partial charge in [-0.05, 0) is 44.4 Å². The van der Waals surface area contributed by atoms with Crippen LogP contribution >= 0.6 is 23.6 Å². The molecule has 1 aromatic carbocycles. The van der Waals surface area contributed by atoms with Gasteiger partial charge in [0.05, 0.1) is 29.8 Å². The number of thiophene rings is 1. The van der Waals surface area contributed by atoms with Gasteiger partial charge in [0.2, 0.25) is 0 Å². The van der Waals surface area contributed by atoms with Gasteiger partial charge in [-0.3, -0.25) is 9.79 Å². The first-order valence-electron chi connectivity index (χ1n) is 9.08. The van der Waals surface area contributed by atoms with Crippen LogP contribution in [0.15, 0.2) is 23.2 Å². The molecule has 4 nitrogen and oxygen atoms in total. The quantitative estimate of drug-likeness (QED) is 0.583. The lowest BCUT2D eigenvalue weighted by atomic mass is 9.98. The molecule has 1 unspecified atom stereocenters. The fourth-order valence-corrected chi connectivity index (χ4v) is 5.29. The van der Waals surface area contributed by atoms with Crippen LogP contribution in [0, 0.1) is 11.6 Å². The Kier molecular flexibility index (Phi) is 5.01. The Bertz CT molecular complexity index is 996. The van der Waals surface area contributed by atoms with Crippen LogP contribution in [0.4, 0.5) is 13.8 Å². The van der Waals surface area contributed by atoms with E-state index in [0.29, 0.717) is 35.0 Å². The van der Waals surface area contributed by atoms with Crippen LogP contribution in [0.5, 0.6) is 0 Å². The molecular weight excluding hydrogens is 402 g/mol. The molecule has 0 saturated carbocycles. The lowest BCUT2D eigenvalue weighted by Crippen LogP contribution is -2.20. The Morgan fingerprint density at radius 2 is 2.07 bits per heavy atom. The number of anilines is 1. The molecule has 28 heavy (non-hydrogen) atoms. The third kappa shape index (κ3) is 3.04. The summed E-state index contributed by atoms with van der Waals surface area (Å²) in [6.07, 6.45) is 1.23. The number of fused-ring (bicyclic) bond motifs is 3. The highest BCUT2D eigenvalue weighted by Crippen LogP contribution is 2.47. The molecule has 1 aliphatic carbocycles. The van der Waals surface area contributed by atoms with Crippen molar-refractivity contribution >= 4 is 45.2 Å². The summed E-state index contributed by atoms with van der Waals surface area (Å²) in [5.41, 5.74) is 1.61. The largest absolute Gasteiger partial charge is 0.465 e. The third-order valence-electron chi connectivity index (χ3n) is 4.98. The van der Waals surface area contributed by atoms with E-state index in [1.807, 2.05) is 0 Å². The van der Waals surface area contributed by atoms with E-state index < -0.39 is 17.7 Å². The van der Waals surface area contributed by atoms with E-state index in [9.17, 15) is 13.6 Å². The molecule has 0 saturated heterocycles. The Labute approximate surface area is 170 Å². The first-order valence-corrected chi connectivity index (χ1v) is 10.3. The van der Waals surface area contributed by atoms with Crippen LogP contribution in [-0.4, -0.2) is 29.3 Å². The minimum absolute atomic E-state index is 0.165. The molecule has 1 aromatic heterocycles. The molecule has 2 aliphatic rings. The summed E-state index contributed by atoms with van der Waals surface area (Å²) < 4.78 is 34.4. The van der Waals surface area contributed by atoms with Gasteiger partial charge in [0.15, 0.2) is 0 Å². The number of nitrogens with one attached hydrogen (secondary N) is 1. The average molecular weight is 421 g/mol. The molecule has 8 heteroatoms. The highest BCUT2D eigenvalue weighted by atomic mass is 32.1. The number of halogens is 2. The number of hydrogen-bond donors (Lipinski definition) is 1. The summed E-state index contributed by atoms with van der Waals surface area (Å²) in [4.78, 5) is 18.3. The number of rotatable bonds is 3. The minimum Gasteiger partial charge on any atom is -0.465 e. The average Bonchev–Trinajstić information content (AvgIpc) is 3.16. The number of carbonyl (C=O) groups is 1. The van der Waals surface area contributed by atoms with E-state index in [0.717, 1.165) is 10.4 Å². The number of thiocarbonyl (C=S) groups is 1. The summed E-state index contributed by atoms with van der Waals surface area (Å²) in [5.74, 6) is -2.00. The zero-order chi connectivity index (χ0) is 20.0. The van der Waals surface area contributed by atoms with E-state index in [2.05, 4.69) is 10.3 Å². The maximum Gasteiger partial charge on any atom is 0.314 e. The highest BCUT2D eigenvalue weighted by Gasteiger charge is 2.38. The summed E-state index contributed by atoms with van der Waals surface area (Å²) >= 11 is 6.79. The second-order valence-electron chi connectivity index (χ2n) is 6.73. The van der Waals surface area contributed by atoms with Crippen molar-refractivity contribution in [2.24, 2.45) is 4.99 Å². The van der Waals surface area contributed by atoms with Gasteiger partial charge in [0.25, 0.3) is 0 Å². The normalized spacial score (nSPS) is 20.7. The maximum absolute atomic E-state index is 14.6. The van der Waals surface area contributed by atoms with Crippen LogP contribution in [0.3, 0.4) is 0 Å². The summed E-state index contributed by atoms with van der Waals surface area (Å²) in [7, 11) is 0. The van der Waals surface area contributed by atoms with Crippen molar-refractivity contribution in [2.45, 2.75) is 38.6 Å². The van der Waals surface area contributed by atoms with Crippen LogP contribution in [0.2, 0.25) is 0 Å². The highest BCUT2D eigenvalue weighted by molar-refractivity contribution is 7.80. The number of benzene rings is 1. The van der Waals surface area contributed by atoms with Crippen LogP contribution in [-0.2, 0) is 16.0 Å². The molecule has 2 heterocycles. The Morgan fingerprint density at radius 1 is 1.36 bits per heavy atom. The standard InChI is InChI=1S/C20H18F2N2O2S2/c1-3-26-20(25)11-8-7-10-14-16(15-12(21)5-4-6-13(15)22)23-9(2)18(27)24-19(14)28-17(10)11/h4-6,9,11H,3,7-8H2,1-2H3,(H,24,27)/t9-,11?/m0/s1. The van der Waals surface area contributed by atoms with Crippen molar-refractivity contribution in [1.82, 2.24) is 0 Å². The summed E-state index contributed by atoms with van der Waals surface area (Å²) in [5, 5.41) is 3.85. The summed E-state index contributed by atoms with van der Waals surface area (Å²) in [6.45, 7) is 3.86. The lowest BCUT2D eigenvalue weighted by molar-refractivity contribution is -0.144. The number of esters is 1. The zero-order valence-corrected chi connectivity index (χ0v) is 17.0. The van der Waals surface area contributed by atoms with Crippen molar-refractivity contribution in [3.05, 3.63) is 51.4 Å². The SMILES string of the molecule is CCOC(=O)C1CCc2c1sc1c2C(c2c(F)cccc2F)=N[C@@H](C)C(=S)N1. The monoisotopic (exact) mass is 420 g/mol. The van der Waals surface area contributed by atoms with Crippen molar-refractivity contribution in [3.63, 3.8) is 0 Å². The molecular formula is C20H18F2N2O2S2. The zero-order valence-electron chi connectivity index (χ0n) is 15.3. The van der Waals surface area contributed by atoms with Gasteiger partial charge in [-0.15, -0.1) is 11.3 Å². The molecule has 0 bridgehead atoms. The van der Waals surface area contributed by atoms with Gasteiger partial charge in [0.1, 0.15) is 21.6 Å². The van der Waals surface area contributed by atoms with Gasteiger partial charge < -0.3 is 10.1 Å². The van der Waals surface area contributed by atoms with Crippen molar-refractivity contribution in [2.75, 3.05) is 11.9 Å². The predicted molar refractivity (Wildman–Crippen MR) is 110 cm³/mol. The van der Waals surface area contributed by atoms with E-state index in [4.69, 9.17) is 17.0 Å². The molecule has 1 aliphatic heterocycles. The second kappa shape index (κ2) is 7.33. The van der Waals surface area contributed by atoms with Crippen LogP contribution in [0.1, 0.15) is 47.8 Å². The van der Waals surface area contributed by atoms with Gasteiger partial charge in [-0.1, -0.05) is 18.3 Å². The molecule has 2 aromatic rings. The Hall–Kier alpha value is -2.19. The molecule has 146 valence electrons. The minimum atomic E-state index is -0.676. The lowest BCUT2D eigenvalue weighted by Gasteiger charge is -2.11. The number of hydrogen-bond acceptors (Lipinski definition) is 5. The molecule has 1 N–H and O–H groups in total. The van der Waals surface area contributed by atoms with Gasteiger partial charge in [-0.2, -0.15) is 0 Å². The predicted octanol–water partition coefficient (Wildman–Crippen LogP) is 4.60. The topological polar surface area (TPSA) is 50.7 Å². The van der Waals surface area contributed by atoms with Gasteiger partial charge >= 0.3 is 5.97 Å². The van der Waals surface area contributed by atoms with Crippen molar-refractivity contribution in [1.29, 1.82) is 0 Å². The van der Waals surface area contributed by atoms with Crippen LogP contribution in [0.25, 0.3) is 0 Å². The number of nitrogens with zero attached hydrogens (tertiary/aromatic N) is 1. The summed E-state index contributed by atoms with van der Waals surface area (Å²) in [6, 6.07) is 3.33. The molecule has 0 amide bonds. The van der Waals surface area contributed by atoms with Gasteiger partial charge in [0, 0.05) is 10.4 Å². The Balaban J connectivity index is 1.92.